The zero-order valence-corrected chi connectivity index (χ0v) is 9.76. The van der Waals surface area contributed by atoms with Crippen LogP contribution in [0.25, 0.3) is 0 Å². The Labute approximate surface area is 100 Å². The molecule has 1 heterocycles. The molecule has 5 heteroatoms. The van der Waals surface area contributed by atoms with Crippen LogP contribution in [0.4, 0.5) is 4.79 Å². The average molecular weight is 236 g/mol. The summed E-state index contributed by atoms with van der Waals surface area (Å²) in [6, 6.07) is 7.61. The fraction of sp³-hybridized carbons (Fsp3) is 0.417. The minimum atomic E-state index is -0.295. The summed E-state index contributed by atoms with van der Waals surface area (Å²) in [4.78, 5) is 13.1. The number of rotatable bonds is 4. The number of nitrogens with two attached hydrogens (primary N) is 1. The van der Waals surface area contributed by atoms with Gasteiger partial charge in [-0.1, -0.05) is 12.1 Å². The van der Waals surface area contributed by atoms with E-state index in [9.17, 15) is 4.79 Å². The molecule has 1 aromatic rings. The lowest BCUT2D eigenvalue weighted by molar-refractivity contribution is 0.134. The smallest absolute Gasteiger partial charge is 0.410 e. The van der Waals surface area contributed by atoms with Gasteiger partial charge < -0.3 is 20.1 Å². The molecule has 1 amide bonds. The number of carbonyl (C=O) groups excluding carboxylic acids is 1. The van der Waals surface area contributed by atoms with Gasteiger partial charge in [0.15, 0.2) is 0 Å². The molecule has 1 aliphatic rings. The molecule has 1 aliphatic heterocycles. The van der Waals surface area contributed by atoms with Crippen molar-refractivity contribution in [3.63, 3.8) is 0 Å². The Kier molecular flexibility index (Phi) is 3.49. The summed E-state index contributed by atoms with van der Waals surface area (Å²) in [7, 11) is 1.62. The summed E-state index contributed by atoms with van der Waals surface area (Å²) in [6.07, 6.45) is -0.475. The van der Waals surface area contributed by atoms with Crippen LogP contribution in [-0.2, 0) is 11.3 Å². The van der Waals surface area contributed by atoms with E-state index < -0.39 is 0 Å². The first kappa shape index (κ1) is 11.7. The van der Waals surface area contributed by atoms with Crippen molar-refractivity contribution in [2.45, 2.75) is 12.6 Å². The molecular formula is C12H16N2O3. The maximum Gasteiger partial charge on any atom is 0.410 e. The number of ether oxygens (including phenoxy) is 2. The fourth-order valence-electron chi connectivity index (χ4n) is 1.78. The minimum Gasteiger partial charge on any atom is -0.497 e. The summed E-state index contributed by atoms with van der Waals surface area (Å²) < 4.78 is 10.2. The van der Waals surface area contributed by atoms with Crippen LogP contribution < -0.4 is 10.5 Å². The van der Waals surface area contributed by atoms with Crippen molar-refractivity contribution in [2.24, 2.45) is 5.73 Å². The second kappa shape index (κ2) is 5.05. The Hall–Kier alpha value is -1.75. The van der Waals surface area contributed by atoms with Crippen molar-refractivity contribution in [2.75, 3.05) is 20.2 Å². The zero-order valence-electron chi connectivity index (χ0n) is 9.76. The van der Waals surface area contributed by atoms with Gasteiger partial charge in [0.2, 0.25) is 0 Å². The SMILES string of the molecule is COc1ccc(CN2C[C@H](CN)OC2=O)cc1. The number of cyclic esters (lactones) is 1. The van der Waals surface area contributed by atoms with E-state index in [1.54, 1.807) is 12.0 Å². The van der Waals surface area contributed by atoms with Crippen LogP contribution in [0.3, 0.4) is 0 Å². The number of amides is 1. The first-order valence-electron chi connectivity index (χ1n) is 5.51. The van der Waals surface area contributed by atoms with E-state index in [0.717, 1.165) is 11.3 Å². The second-order valence-corrected chi connectivity index (χ2v) is 3.97. The van der Waals surface area contributed by atoms with Crippen LogP contribution in [0.5, 0.6) is 5.75 Å². The summed E-state index contributed by atoms with van der Waals surface area (Å²) in [6.45, 7) is 1.46. The quantitative estimate of drug-likeness (QED) is 0.846. The number of methoxy groups -OCH3 is 1. The molecule has 1 saturated heterocycles. The first-order valence-corrected chi connectivity index (χ1v) is 5.51. The molecule has 0 saturated carbocycles. The lowest BCUT2D eigenvalue weighted by Crippen LogP contribution is -2.27. The molecule has 2 rings (SSSR count). The van der Waals surface area contributed by atoms with E-state index in [2.05, 4.69) is 0 Å². The largest absolute Gasteiger partial charge is 0.497 e. The molecule has 0 aromatic heterocycles. The van der Waals surface area contributed by atoms with Gasteiger partial charge >= 0.3 is 6.09 Å². The molecule has 17 heavy (non-hydrogen) atoms. The van der Waals surface area contributed by atoms with Crippen molar-refractivity contribution < 1.29 is 14.3 Å². The predicted octanol–water partition coefficient (Wildman–Crippen LogP) is 0.975. The number of hydrogen-bond acceptors (Lipinski definition) is 4. The van der Waals surface area contributed by atoms with E-state index in [0.29, 0.717) is 19.6 Å². The highest BCUT2D eigenvalue weighted by molar-refractivity contribution is 5.70. The van der Waals surface area contributed by atoms with Gasteiger partial charge in [0.05, 0.1) is 13.7 Å². The summed E-state index contributed by atoms with van der Waals surface area (Å²) in [5.41, 5.74) is 6.51. The Balaban J connectivity index is 1.98. The lowest BCUT2D eigenvalue weighted by atomic mass is 10.2. The average Bonchev–Trinajstić information content (AvgIpc) is 2.71. The Morgan fingerprint density at radius 1 is 1.47 bits per heavy atom. The number of nitrogens with zero attached hydrogens (tertiary/aromatic N) is 1. The third kappa shape index (κ3) is 2.68. The maximum atomic E-state index is 11.5. The van der Waals surface area contributed by atoms with Gasteiger partial charge in [-0.15, -0.1) is 0 Å². The predicted molar refractivity (Wildman–Crippen MR) is 62.7 cm³/mol. The monoisotopic (exact) mass is 236 g/mol. The van der Waals surface area contributed by atoms with Crippen LogP contribution >= 0.6 is 0 Å². The van der Waals surface area contributed by atoms with Gasteiger partial charge in [-0.2, -0.15) is 0 Å². The van der Waals surface area contributed by atoms with Gasteiger partial charge in [0.1, 0.15) is 11.9 Å². The Morgan fingerprint density at radius 3 is 2.71 bits per heavy atom. The highest BCUT2D eigenvalue weighted by atomic mass is 16.6. The zero-order chi connectivity index (χ0) is 12.3. The van der Waals surface area contributed by atoms with Crippen LogP contribution in [-0.4, -0.2) is 37.3 Å². The van der Waals surface area contributed by atoms with Crippen LogP contribution in [0, 0.1) is 0 Å². The molecule has 1 aromatic carbocycles. The lowest BCUT2D eigenvalue weighted by Gasteiger charge is -2.12. The number of carbonyl (C=O) groups is 1. The molecule has 1 fully saturated rings. The second-order valence-electron chi connectivity index (χ2n) is 3.97. The van der Waals surface area contributed by atoms with E-state index >= 15 is 0 Å². The minimum absolute atomic E-state index is 0.180. The van der Waals surface area contributed by atoms with E-state index in [4.69, 9.17) is 15.2 Å². The molecule has 0 aliphatic carbocycles. The number of hydrogen-bond donors (Lipinski definition) is 1. The van der Waals surface area contributed by atoms with E-state index in [-0.39, 0.29) is 12.2 Å². The molecule has 0 spiro atoms. The van der Waals surface area contributed by atoms with Crippen molar-refractivity contribution in [3.05, 3.63) is 29.8 Å². The van der Waals surface area contributed by atoms with Gasteiger partial charge in [0.25, 0.3) is 0 Å². The molecule has 0 bridgehead atoms. The van der Waals surface area contributed by atoms with Crippen LogP contribution in [0.15, 0.2) is 24.3 Å². The normalized spacial score (nSPS) is 19.3. The van der Waals surface area contributed by atoms with Crippen LogP contribution in [0.1, 0.15) is 5.56 Å². The molecule has 0 unspecified atom stereocenters. The maximum absolute atomic E-state index is 11.5. The van der Waals surface area contributed by atoms with Crippen molar-refractivity contribution in [1.82, 2.24) is 4.90 Å². The van der Waals surface area contributed by atoms with Crippen molar-refractivity contribution >= 4 is 6.09 Å². The third-order valence-electron chi connectivity index (χ3n) is 2.75. The standard InChI is InChI=1S/C12H16N2O3/c1-16-10-4-2-9(3-5-10)7-14-8-11(6-13)17-12(14)15/h2-5,11H,6-8,13H2,1H3/t11-/m0/s1. The molecule has 2 N–H and O–H groups in total. The third-order valence-corrected chi connectivity index (χ3v) is 2.75. The summed E-state index contributed by atoms with van der Waals surface area (Å²) in [5, 5.41) is 0. The van der Waals surface area contributed by atoms with Crippen LogP contribution in [0.2, 0.25) is 0 Å². The van der Waals surface area contributed by atoms with E-state index in [1.165, 1.54) is 0 Å². The molecule has 1 atom stereocenters. The molecule has 0 radical (unpaired) electrons. The van der Waals surface area contributed by atoms with Gasteiger partial charge in [-0.3, -0.25) is 0 Å². The first-order chi connectivity index (χ1) is 8.22. The fourth-order valence-corrected chi connectivity index (χ4v) is 1.78. The number of benzene rings is 1. The van der Waals surface area contributed by atoms with Crippen molar-refractivity contribution in [3.8, 4) is 5.75 Å². The summed E-state index contributed by atoms with van der Waals surface area (Å²) >= 11 is 0. The molecule has 5 nitrogen and oxygen atoms in total. The molecule has 92 valence electrons. The Bertz CT molecular complexity index is 391. The Morgan fingerprint density at radius 2 is 2.18 bits per heavy atom. The van der Waals surface area contributed by atoms with Gasteiger partial charge in [0, 0.05) is 13.1 Å². The highest BCUT2D eigenvalue weighted by Crippen LogP contribution is 2.17. The van der Waals surface area contributed by atoms with Gasteiger partial charge in [-0.05, 0) is 17.7 Å². The van der Waals surface area contributed by atoms with Crippen molar-refractivity contribution in [1.29, 1.82) is 0 Å². The molecular weight excluding hydrogens is 220 g/mol. The topological polar surface area (TPSA) is 64.8 Å². The van der Waals surface area contributed by atoms with Gasteiger partial charge in [-0.25, -0.2) is 4.79 Å². The highest BCUT2D eigenvalue weighted by Gasteiger charge is 2.29. The van der Waals surface area contributed by atoms with E-state index in [1.807, 2.05) is 24.3 Å². The summed E-state index contributed by atoms with van der Waals surface area (Å²) in [5.74, 6) is 0.803.